The van der Waals surface area contributed by atoms with Gasteiger partial charge in [-0.05, 0) is 31.6 Å². The van der Waals surface area contributed by atoms with Crippen molar-refractivity contribution in [1.29, 1.82) is 0 Å². The molecule has 3 rings (SSSR count). The molecule has 1 aromatic heterocycles. The summed E-state index contributed by atoms with van der Waals surface area (Å²) in [4.78, 5) is 0. The summed E-state index contributed by atoms with van der Waals surface area (Å²) in [6.07, 6.45) is 3.65. The van der Waals surface area contributed by atoms with E-state index >= 15 is 0 Å². The van der Waals surface area contributed by atoms with E-state index in [4.69, 9.17) is 4.42 Å². The minimum atomic E-state index is 0.423. The Morgan fingerprint density at radius 2 is 2.20 bits per heavy atom. The molecule has 0 amide bonds. The lowest BCUT2D eigenvalue weighted by Gasteiger charge is -2.23. The van der Waals surface area contributed by atoms with Crippen molar-refractivity contribution in [1.82, 2.24) is 5.32 Å². The minimum absolute atomic E-state index is 0.423. The monoisotopic (exact) mass is 289 g/mol. The lowest BCUT2D eigenvalue weighted by Crippen LogP contribution is -2.32. The number of fused-ring (bicyclic) bond motifs is 1. The topological polar surface area (TPSA) is 25.2 Å². The first kappa shape index (κ1) is 14.0. The Hall–Kier alpha value is -0.930. The Morgan fingerprint density at radius 3 is 2.95 bits per heavy atom. The van der Waals surface area contributed by atoms with Crippen LogP contribution in [0.4, 0.5) is 0 Å². The smallest absolute Gasteiger partial charge is 0.134 e. The van der Waals surface area contributed by atoms with Gasteiger partial charge in [-0.25, -0.2) is 0 Å². The molecule has 1 atom stereocenters. The van der Waals surface area contributed by atoms with Crippen LogP contribution >= 0.6 is 11.8 Å². The Balaban J connectivity index is 1.73. The molecule has 0 radical (unpaired) electrons. The van der Waals surface area contributed by atoms with Crippen LogP contribution in [0.15, 0.2) is 28.7 Å². The van der Waals surface area contributed by atoms with E-state index in [9.17, 15) is 0 Å². The summed E-state index contributed by atoms with van der Waals surface area (Å²) in [7, 11) is 0. The second kappa shape index (κ2) is 5.82. The second-order valence-corrected chi connectivity index (χ2v) is 7.54. The maximum Gasteiger partial charge on any atom is 0.134 e. The van der Waals surface area contributed by atoms with Crippen molar-refractivity contribution in [3.8, 4) is 0 Å². The predicted molar refractivity (Wildman–Crippen MR) is 87.4 cm³/mol. The fraction of sp³-hybridized carbons (Fsp3) is 0.529. The third-order valence-corrected chi connectivity index (χ3v) is 5.74. The summed E-state index contributed by atoms with van der Waals surface area (Å²) in [6, 6.07) is 8.36. The van der Waals surface area contributed by atoms with Gasteiger partial charge in [-0.2, -0.15) is 11.8 Å². The molecule has 0 bridgehead atoms. The molecule has 0 spiro atoms. The normalized spacial score (nSPS) is 22.7. The van der Waals surface area contributed by atoms with Gasteiger partial charge < -0.3 is 9.73 Å². The number of aryl methyl sites for hydroxylation is 1. The van der Waals surface area contributed by atoms with E-state index in [0.29, 0.717) is 4.75 Å². The Bertz CT molecular complexity index is 584. The highest BCUT2D eigenvalue weighted by Crippen LogP contribution is 2.37. The molecular formula is C17H23NOS. The van der Waals surface area contributed by atoms with Gasteiger partial charge in [0.2, 0.25) is 0 Å². The van der Waals surface area contributed by atoms with Crippen LogP contribution in [0.3, 0.4) is 0 Å². The van der Waals surface area contributed by atoms with E-state index in [1.54, 1.807) is 0 Å². The molecule has 0 saturated carbocycles. The molecule has 1 aromatic carbocycles. The number of para-hydroxylation sites is 1. The Morgan fingerprint density at radius 1 is 1.35 bits per heavy atom. The van der Waals surface area contributed by atoms with Crippen LogP contribution in [-0.2, 0) is 13.0 Å². The molecule has 1 N–H and O–H groups in total. The Labute approximate surface area is 125 Å². The van der Waals surface area contributed by atoms with Gasteiger partial charge in [-0.3, -0.25) is 0 Å². The van der Waals surface area contributed by atoms with Crippen molar-refractivity contribution in [2.45, 2.75) is 44.4 Å². The van der Waals surface area contributed by atoms with Gasteiger partial charge >= 0.3 is 0 Å². The minimum Gasteiger partial charge on any atom is -0.461 e. The third kappa shape index (κ3) is 2.75. The second-order valence-electron chi connectivity index (χ2n) is 5.86. The summed E-state index contributed by atoms with van der Waals surface area (Å²) < 4.78 is 6.37. The molecule has 1 aliphatic rings. The zero-order valence-electron chi connectivity index (χ0n) is 12.4. The lowest BCUT2D eigenvalue weighted by atomic mass is 10.1. The van der Waals surface area contributed by atoms with Gasteiger partial charge in [-0.15, -0.1) is 0 Å². The van der Waals surface area contributed by atoms with Crippen molar-refractivity contribution >= 4 is 22.7 Å². The number of thioether (sulfide) groups is 1. The van der Waals surface area contributed by atoms with E-state index in [-0.39, 0.29) is 0 Å². The van der Waals surface area contributed by atoms with Gasteiger partial charge in [0.15, 0.2) is 0 Å². The number of furan rings is 1. The summed E-state index contributed by atoms with van der Waals surface area (Å²) in [6.45, 7) is 6.54. The van der Waals surface area contributed by atoms with Crippen molar-refractivity contribution in [2.75, 3.05) is 12.3 Å². The number of nitrogens with one attached hydrogen (secondary N) is 1. The van der Waals surface area contributed by atoms with Crippen LogP contribution < -0.4 is 5.32 Å². The molecule has 1 aliphatic heterocycles. The SMILES string of the molecule is CCc1oc2ccccc2c1CNCC1(C)CCCS1. The van der Waals surface area contributed by atoms with E-state index in [0.717, 1.165) is 30.9 Å². The van der Waals surface area contributed by atoms with Crippen molar-refractivity contribution in [3.63, 3.8) is 0 Å². The molecule has 1 unspecified atom stereocenters. The molecule has 1 fully saturated rings. The molecule has 1 saturated heterocycles. The van der Waals surface area contributed by atoms with Crippen LogP contribution in [0.1, 0.15) is 38.0 Å². The summed E-state index contributed by atoms with van der Waals surface area (Å²) in [5.74, 6) is 2.44. The third-order valence-electron chi connectivity index (χ3n) is 4.20. The van der Waals surface area contributed by atoms with E-state index in [1.807, 2.05) is 6.07 Å². The zero-order valence-corrected chi connectivity index (χ0v) is 13.2. The number of hydrogen-bond acceptors (Lipinski definition) is 3. The number of benzene rings is 1. The van der Waals surface area contributed by atoms with Gasteiger partial charge in [0.25, 0.3) is 0 Å². The van der Waals surface area contributed by atoms with Gasteiger partial charge in [0, 0.05) is 35.2 Å². The molecule has 2 nitrogen and oxygen atoms in total. The molecule has 108 valence electrons. The van der Waals surface area contributed by atoms with Gasteiger partial charge in [-0.1, -0.05) is 25.1 Å². The van der Waals surface area contributed by atoms with Crippen LogP contribution in [0.25, 0.3) is 11.0 Å². The lowest BCUT2D eigenvalue weighted by molar-refractivity contribution is 0.520. The van der Waals surface area contributed by atoms with E-state index < -0.39 is 0 Å². The first-order valence-electron chi connectivity index (χ1n) is 7.56. The highest BCUT2D eigenvalue weighted by Gasteiger charge is 2.28. The molecule has 20 heavy (non-hydrogen) atoms. The maximum atomic E-state index is 5.95. The first-order valence-corrected chi connectivity index (χ1v) is 8.54. The molecular weight excluding hydrogens is 266 g/mol. The summed E-state index contributed by atoms with van der Waals surface area (Å²) >= 11 is 2.11. The summed E-state index contributed by atoms with van der Waals surface area (Å²) in [5.41, 5.74) is 2.36. The maximum absolute atomic E-state index is 5.95. The van der Waals surface area contributed by atoms with Crippen LogP contribution in [0.2, 0.25) is 0 Å². The van der Waals surface area contributed by atoms with Crippen molar-refractivity contribution in [3.05, 3.63) is 35.6 Å². The Kier molecular flexibility index (Phi) is 4.08. The van der Waals surface area contributed by atoms with Gasteiger partial charge in [0.1, 0.15) is 11.3 Å². The quantitative estimate of drug-likeness (QED) is 0.885. The highest BCUT2D eigenvalue weighted by atomic mass is 32.2. The average Bonchev–Trinajstić information content (AvgIpc) is 3.04. The van der Waals surface area contributed by atoms with E-state index in [2.05, 4.69) is 49.1 Å². The van der Waals surface area contributed by atoms with Crippen LogP contribution in [-0.4, -0.2) is 17.0 Å². The first-order chi connectivity index (χ1) is 9.72. The van der Waals surface area contributed by atoms with E-state index in [1.165, 1.54) is 29.5 Å². The molecule has 3 heteroatoms. The standard InChI is InChI=1S/C17H23NOS/c1-3-15-14(13-7-4-5-8-16(13)19-15)11-18-12-17(2)9-6-10-20-17/h4-5,7-8,18H,3,6,9-12H2,1-2H3. The predicted octanol–water partition coefficient (Wildman–Crippen LogP) is 4.37. The van der Waals surface area contributed by atoms with Crippen molar-refractivity contribution in [2.24, 2.45) is 0 Å². The van der Waals surface area contributed by atoms with Crippen LogP contribution in [0.5, 0.6) is 0 Å². The average molecular weight is 289 g/mol. The van der Waals surface area contributed by atoms with Gasteiger partial charge in [0.05, 0.1) is 0 Å². The molecule has 2 aromatic rings. The summed E-state index contributed by atoms with van der Waals surface area (Å²) in [5, 5.41) is 4.92. The fourth-order valence-corrected chi connectivity index (χ4v) is 4.33. The zero-order chi connectivity index (χ0) is 14.0. The molecule has 0 aliphatic carbocycles. The number of rotatable bonds is 5. The van der Waals surface area contributed by atoms with Crippen molar-refractivity contribution < 1.29 is 4.42 Å². The number of hydrogen-bond donors (Lipinski definition) is 1. The fourth-order valence-electron chi connectivity index (χ4n) is 3.06. The highest BCUT2D eigenvalue weighted by molar-refractivity contribution is 8.00. The van der Waals surface area contributed by atoms with Crippen LogP contribution in [0, 0.1) is 0 Å². The largest absolute Gasteiger partial charge is 0.461 e. The molecule has 2 heterocycles.